The van der Waals surface area contributed by atoms with Crippen LogP contribution in [0.25, 0.3) is 0 Å². The molecule has 1 atom stereocenters. The fraction of sp³-hybridized carbons (Fsp3) is 0.417. The number of carboxylic acid groups (broad SMARTS) is 1. The number of rotatable bonds is 4. The standard InChI is InChI=1S/C12H16FNO2/c1-7-3-4-8(2)12(13)11(7)9(6-14)5-10(15)16/h3-4,9H,5-6,14H2,1-2H3,(H,15,16). The second-order valence-electron chi connectivity index (χ2n) is 3.96. The maximum atomic E-state index is 13.9. The first-order valence-corrected chi connectivity index (χ1v) is 5.14. The highest BCUT2D eigenvalue weighted by molar-refractivity contribution is 5.68. The third-order valence-electron chi connectivity index (χ3n) is 2.70. The van der Waals surface area contributed by atoms with Crippen LogP contribution in [0.1, 0.15) is 29.0 Å². The van der Waals surface area contributed by atoms with Gasteiger partial charge >= 0.3 is 5.97 Å². The Kier molecular flexibility index (Phi) is 4.01. The molecule has 0 heterocycles. The van der Waals surface area contributed by atoms with E-state index in [9.17, 15) is 9.18 Å². The number of carboxylic acids is 1. The number of halogens is 1. The van der Waals surface area contributed by atoms with Crippen LogP contribution in [-0.2, 0) is 4.79 Å². The van der Waals surface area contributed by atoms with Crippen LogP contribution in [0.3, 0.4) is 0 Å². The maximum Gasteiger partial charge on any atom is 0.304 e. The molecule has 4 heteroatoms. The van der Waals surface area contributed by atoms with Crippen LogP contribution in [0.15, 0.2) is 12.1 Å². The van der Waals surface area contributed by atoms with E-state index < -0.39 is 11.9 Å². The number of aryl methyl sites for hydroxylation is 2. The van der Waals surface area contributed by atoms with E-state index in [0.29, 0.717) is 11.1 Å². The number of aliphatic carboxylic acids is 1. The second-order valence-corrected chi connectivity index (χ2v) is 3.96. The highest BCUT2D eigenvalue weighted by Crippen LogP contribution is 2.27. The minimum absolute atomic E-state index is 0.132. The summed E-state index contributed by atoms with van der Waals surface area (Å²) in [5, 5.41) is 8.75. The molecule has 0 saturated carbocycles. The van der Waals surface area contributed by atoms with Crippen molar-refractivity contribution < 1.29 is 14.3 Å². The molecule has 1 aromatic carbocycles. The van der Waals surface area contributed by atoms with E-state index in [0.717, 1.165) is 5.56 Å². The summed E-state index contributed by atoms with van der Waals surface area (Å²) in [4.78, 5) is 10.7. The van der Waals surface area contributed by atoms with Crippen molar-refractivity contribution in [3.05, 3.63) is 34.6 Å². The van der Waals surface area contributed by atoms with Crippen molar-refractivity contribution in [1.82, 2.24) is 0 Å². The lowest BCUT2D eigenvalue weighted by atomic mass is 9.90. The predicted molar refractivity (Wildman–Crippen MR) is 59.9 cm³/mol. The van der Waals surface area contributed by atoms with Crippen molar-refractivity contribution in [2.24, 2.45) is 5.73 Å². The zero-order valence-electron chi connectivity index (χ0n) is 9.46. The van der Waals surface area contributed by atoms with E-state index in [-0.39, 0.29) is 18.8 Å². The van der Waals surface area contributed by atoms with Crippen LogP contribution < -0.4 is 5.73 Å². The van der Waals surface area contributed by atoms with E-state index in [1.54, 1.807) is 26.0 Å². The summed E-state index contributed by atoms with van der Waals surface area (Å²) in [6.45, 7) is 3.56. The van der Waals surface area contributed by atoms with Crippen molar-refractivity contribution in [3.63, 3.8) is 0 Å². The predicted octanol–water partition coefficient (Wildman–Crippen LogP) is 1.96. The SMILES string of the molecule is Cc1ccc(C)c(C(CN)CC(=O)O)c1F. The second kappa shape index (κ2) is 5.07. The molecule has 0 aliphatic heterocycles. The average molecular weight is 225 g/mol. The van der Waals surface area contributed by atoms with Gasteiger partial charge in [-0.05, 0) is 37.1 Å². The molecule has 3 N–H and O–H groups in total. The van der Waals surface area contributed by atoms with Crippen LogP contribution in [0.2, 0.25) is 0 Å². The Morgan fingerprint density at radius 2 is 2.00 bits per heavy atom. The van der Waals surface area contributed by atoms with E-state index in [1.165, 1.54) is 0 Å². The Labute approximate surface area is 94.1 Å². The van der Waals surface area contributed by atoms with Gasteiger partial charge in [-0.3, -0.25) is 4.79 Å². The normalized spacial score (nSPS) is 12.5. The van der Waals surface area contributed by atoms with E-state index in [1.807, 2.05) is 0 Å². The number of benzene rings is 1. The fourth-order valence-corrected chi connectivity index (χ4v) is 1.81. The Balaban J connectivity index is 3.18. The van der Waals surface area contributed by atoms with Crippen LogP contribution in [0, 0.1) is 19.7 Å². The third kappa shape index (κ3) is 2.58. The maximum absolute atomic E-state index is 13.9. The van der Waals surface area contributed by atoms with Crippen molar-refractivity contribution in [2.75, 3.05) is 6.54 Å². The molecule has 0 fully saturated rings. The molecule has 3 nitrogen and oxygen atoms in total. The molecule has 0 saturated heterocycles. The zero-order valence-corrected chi connectivity index (χ0v) is 9.46. The molecule has 0 spiro atoms. The van der Waals surface area contributed by atoms with Crippen LogP contribution in [-0.4, -0.2) is 17.6 Å². The van der Waals surface area contributed by atoms with Crippen LogP contribution in [0.5, 0.6) is 0 Å². The van der Waals surface area contributed by atoms with E-state index in [4.69, 9.17) is 10.8 Å². The van der Waals surface area contributed by atoms with Gasteiger partial charge in [-0.25, -0.2) is 4.39 Å². The van der Waals surface area contributed by atoms with E-state index >= 15 is 0 Å². The lowest BCUT2D eigenvalue weighted by Gasteiger charge is -2.17. The van der Waals surface area contributed by atoms with E-state index in [2.05, 4.69) is 0 Å². The van der Waals surface area contributed by atoms with Gasteiger partial charge in [0.05, 0.1) is 6.42 Å². The van der Waals surface area contributed by atoms with Gasteiger partial charge in [0.2, 0.25) is 0 Å². The molecule has 1 rings (SSSR count). The van der Waals surface area contributed by atoms with Gasteiger partial charge in [-0.15, -0.1) is 0 Å². The summed E-state index contributed by atoms with van der Waals surface area (Å²) in [7, 11) is 0. The molecule has 0 radical (unpaired) electrons. The highest BCUT2D eigenvalue weighted by atomic mass is 19.1. The number of carbonyl (C=O) groups is 1. The minimum Gasteiger partial charge on any atom is -0.481 e. The summed E-state index contributed by atoms with van der Waals surface area (Å²) in [5.41, 5.74) is 7.21. The Bertz CT molecular complexity index is 404. The Morgan fingerprint density at radius 3 is 2.50 bits per heavy atom. The Hall–Kier alpha value is -1.42. The lowest BCUT2D eigenvalue weighted by Crippen LogP contribution is -2.19. The topological polar surface area (TPSA) is 63.3 Å². The Morgan fingerprint density at radius 1 is 1.44 bits per heavy atom. The molecular formula is C12H16FNO2. The van der Waals surface area contributed by atoms with Crippen molar-refractivity contribution in [3.8, 4) is 0 Å². The van der Waals surface area contributed by atoms with Crippen molar-refractivity contribution in [1.29, 1.82) is 0 Å². The summed E-state index contributed by atoms with van der Waals surface area (Å²) in [6.07, 6.45) is -0.141. The lowest BCUT2D eigenvalue weighted by molar-refractivity contribution is -0.137. The molecule has 16 heavy (non-hydrogen) atoms. The van der Waals surface area contributed by atoms with Crippen LogP contribution in [0.4, 0.5) is 4.39 Å². The molecular weight excluding hydrogens is 209 g/mol. The third-order valence-corrected chi connectivity index (χ3v) is 2.70. The smallest absolute Gasteiger partial charge is 0.304 e. The first-order chi connectivity index (χ1) is 7.47. The molecule has 0 amide bonds. The number of hydrogen-bond acceptors (Lipinski definition) is 2. The summed E-state index contributed by atoms with van der Waals surface area (Å²) in [6, 6.07) is 3.47. The van der Waals surface area contributed by atoms with Gasteiger partial charge in [0.25, 0.3) is 0 Å². The van der Waals surface area contributed by atoms with Gasteiger partial charge in [-0.1, -0.05) is 12.1 Å². The molecule has 1 aromatic rings. The first kappa shape index (κ1) is 12.6. The van der Waals surface area contributed by atoms with Gasteiger partial charge in [0.1, 0.15) is 5.82 Å². The first-order valence-electron chi connectivity index (χ1n) is 5.14. The monoisotopic (exact) mass is 225 g/mol. The van der Waals surface area contributed by atoms with Gasteiger partial charge in [0.15, 0.2) is 0 Å². The highest BCUT2D eigenvalue weighted by Gasteiger charge is 2.20. The largest absolute Gasteiger partial charge is 0.481 e. The molecule has 1 unspecified atom stereocenters. The summed E-state index contributed by atoms with van der Waals surface area (Å²) in [5.74, 6) is -1.76. The zero-order chi connectivity index (χ0) is 12.3. The van der Waals surface area contributed by atoms with Gasteiger partial charge in [0, 0.05) is 5.92 Å². The number of hydrogen-bond donors (Lipinski definition) is 2. The number of nitrogens with two attached hydrogens (primary N) is 1. The molecule has 0 aromatic heterocycles. The molecule has 0 aliphatic rings. The minimum atomic E-state index is -0.962. The molecule has 0 aliphatic carbocycles. The van der Waals surface area contributed by atoms with Gasteiger partial charge < -0.3 is 10.8 Å². The van der Waals surface area contributed by atoms with Crippen molar-refractivity contribution in [2.45, 2.75) is 26.2 Å². The van der Waals surface area contributed by atoms with Crippen molar-refractivity contribution >= 4 is 5.97 Å². The average Bonchev–Trinajstić information content (AvgIpc) is 2.22. The molecule has 0 bridgehead atoms. The summed E-state index contributed by atoms with van der Waals surface area (Å²) < 4.78 is 13.9. The summed E-state index contributed by atoms with van der Waals surface area (Å²) >= 11 is 0. The quantitative estimate of drug-likeness (QED) is 0.823. The van der Waals surface area contributed by atoms with Gasteiger partial charge in [-0.2, -0.15) is 0 Å². The van der Waals surface area contributed by atoms with Crippen LogP contribution >= 0.6 is 0 Å². The fourth-order valence-electron chi connectivity index (χ4n) is 1.81. The molecule has 88 valence electrons.